The van der Waals surface area contributed by atoms with E-state index in [-0.39, 0.29) is 17.0 Å². The summed E-state index contributed by atoms with van der Waals surface area (Å²) in [6.07, 6.45) is -2.45. The molecule has 1 heterocycles. The lowest BCUT2D eigenvalue weighted by Crippen LogP contribution is -2.41. The number of piperidine rings is 1. The van der Waals surface area contributed by atoms with Crippen LogP contribution in [0.25, 0.3) is 0 Å². The van der Waals surface area contributed by atoms with Crippen LogP contribution in [0, 0.1) is 0 Å². The summed E-state index contributed by atoms with van der Waals surface area (Å²) in [6.45, 7) is 10.2. The maximum absolute atomic E-state index is 13.0. The number of alkyl halides is 4. The molecule has 1 aromatic carbocycles. The zero-order valence-corrected chi connectivity index (χ0v) is 17.2. The molecule has 0 aromatic heterocycles. The predicted octanol–water partition coefficient (Wildman–Crippen LogP) is 5.58. The third-order valence-corrected chi connectivity index (χ3v) is 8.48. The van der Waals surface area contributed by atoms with E-state index in [1.54, 1.807) is 0 Å². The number of anilines is 1. The van der Waals surface area contributed by atoms with Gasteiger partial charge < -0.3 is 9.33 Å². The molecular weight excluding hydrogens is 367 g/mol. The summed E-state index contributed by atoms with van der Waals surface area (Å²) in [6, 6.07) is 3.82. The zero-order valence-electron chi connectivity index (χ0n) is 15.3. The second-order valence-corrected chi connectivity index (χ2v) is 11.4. The van der Waals surface area contributed by atoms with E-state index in [1.807, 2.05) is 4.90 Å². The van der Waals surface area contributed by atoms with Crippen LogP contribution in [0.2, 0.25) is 11.6 Å². The monoisotopic (exact) mass is 393 g/mol. The maximum Gasteiger partial charge on any atom is 0.416 e. The summed E-state index contributed by atoms with van der Waals surface area (Å²) in [4.78, 5) is 2.01. The Morgan fingerprint density at radius 2 is 1.80 bits per heavy atom. The second-order valence-electron chi connectivity index (χ2n) is 7.81. The molecule has 25 heavy (non-hydrogen) atoms. The number of hydrogen-bond donors (Lipinski definition) is 0. The van der Waals surface area contributed by atoms with Gasteiger partial charge in [-0.1, -0.05) is 26.8 Å². The molecule has 1 fully saturated rings. The third kappa shape index (κ3) is 5.38. The maximum atomic E-state index is 13.0. The van der Waals surface area contributed by atoms with Crippen LogP contribution in [0.4, 0.5) is 18.9 Å². The molecule has 1 aromatic rings. The molecule has 1 aliphatic rings. The fraction of sp³-hybridized carbons (Fsp3) is 0.667. The summed E-state index contributed by atoms with van der Waals surface area (Å²) in [5.74, 6) is 0.206. The summed E-state index contributed by atoms with van der Waals surface area (Å²) < 4.78 is 45.3. The molecule has 1 aliphatic heterocycles. The van der Waals surface area contributed by atoms with Crippen LogP contribution in [-0.4, -0.2) is 28.2 Å². The van der Waals surface area contributed by atoms with E-state index >= 15 is 0 Å². The highest BCUT2D eigenvalue weighted by molar-refractivity contribution is 6.53. The number of nitrogens with zero attached hydrogens (tertiary/aromatic N) is 1. The fourth-order valence-electron chi connectivity index (χ4n) is 2.87. The van der Waals surface area contributed by atoms with Gasteiger partial charge in [0, 0.05) is 30.8 Å². The molecule has 7 heteroatoms. The van der Waals surface area contributed by atoms with Gasteiger partial charge in [0.25, 0.3) is 0 Å². The van der Waals surface area contributed by atoms with Crippen molar-refractivity contribution in [3.05, 3.63) is 29.3 Å². The Morgan fingerprint density at radius 3 is 2.28 bits per heavy atom. The molecule has 0 saturated carbocycles. The average Bonchev–Trinajstić information content (AvgIpc) is 2.53. The Bertz CT molecular complexity index is 581. The SMILES string of the molecule is C[SiH](OC1CCN(c2cc(C(F)(F)F)ccc2CCl)CC1)C(C)(C)C. The lowest BCUT2D eigenvalue weighted by molar-refractivity contribution is -0.137. The van der Waals surface area contributed by atoms with Gasteiger partial charge >= 0.3 is 6.18 Å². The summed E-state index contributed by atoms with van der Waals surface area (Å²) in [5.41, 5.74) is 0.722. The highest BCUT2D eigenvalue weighted by atomic mass is 35.5. The van der Waals surface area contributed by atoms with Crippen molar-refractivity contribution in [1.82, 2.24) is 0 Å². The van der Waals surface area contributed by atoms with Crippen molar-refractivity contribution in [2.45, 2.75) is 63.4 Å². The van der Waals surface area contributed by atoms with E-state index in [0.29, 0.717) is 18.8 Å². The van der Waals surface area contributed by atoms with Crippen LogP contribution in [0.3, 0.4) is 0 Å². The van der Waals surface area contributed by atoms with Crippen molar-refractivity contribution < 1.29 is 17.6 Å². The Kier molecular flexibility index (Phi) is 6.49. The number of halogens is 4. The number of rotatable bonds is 4. The van der Waals surface area contributed by atoms with E-state index in [0.717, 1.165) is 24.5 Å². The molecule has 2 rings (SSSR count). The molecule has 2 nitrogen and oxygen atoms in total. The minimum absolute atomic E-state index is 0.206. The van der Waals surface area contributed by atoms with Gasteiger partial charge in [-0.05, 0) is 42.1 Å². The standard InChI is InChI=1S/C18H27ClF3NOSi/c1-17(2,3)25(4)24-15-7-9-23(10-8-15)16-11-14(18(20,21)22)6-5-13(16)12-19/h5-6,11,15,25H,7-10,12H2,1-4H3. The molecule has 0 bridgehead atoms. The van der Waals surface area contributed by atoms with Crippen LogP contribution in [0.1, 0.15) is 44.7 Å². The van der Waals surface area contributed by atoms with Crippen LogP contribution < -0.4 is 4.90 Å². The Balaban J connectivity index is 2.07. The van der Waals surface area contributed by atoms with Gasteiger partial charge in [-0.25, -0.2) is 0 Å². The van der Waals surface area contributed by atoms with Gasteiger partial charge in [-0.2, -0.15) is 13.2 Å². The summed E-state index contributed by atoms with van der Waals surface area (Å²) in [5, 5.41) is 0.212. The van der Waals surface area contributed by atoms with Crippen molar-refractivity contribution >= 4 is 26.3 Å². The van der Waals surface area contributed by atoms with E-state index in [4.69, 9.17) is 16.0 Å². The molecule has 1 unspecified atom stereocenters. The number of hydrogen-bond acceptors (Lipinski definition) is 2. The largest absolute Gasteiger partial charge is 0.417 e. The van der Waals surface area contributed by atoms with E-state index in [9.17, 15) is 13.2 Å². The van der Waals surface area contributed by atoms with E-state index in [1.165, 1.54) is 12.1 Å². The Hall–Kier alpha value is -0.723. The van der Waals surface area contributed by atoms with Crippen molar-refractivity contribution in [2.24, 2.45) is 0 Å². The molecule has 0 aliphatic carbocycles. The van der Waals surface area contributed by atoms with Crippen LogP contribution >= 0.6 is 11.6 Å². The average molecular weight is 394 g/mol. The fourth-order valence-corrected chi connectivity index (χ4v) is 4.36. The molecule has 1 saturated heterocycles. The minimum atomic E-state index is -4.34. The predicted molar refractivity (Wildman–Crippen MR) is 100 cm³/mol. The molecule has 0 amide bonds. The first-order valence-corrected chi connectivity index (χ1v) is 11.4. The third-order valence-electron chi connectivity index (χ3n) is 4.96. The van der Waals surface area contributed by atoms with Crippen molar-refractivity contribution in [3.8, 4) is 0 Å². The molecule has 1 atom stereocenters. The Morgan fingerprint density at radius 1 is 1.20 bits per heavy atom. The lowest BCUT2D eigenvalue weighted by atomic mass is 10.0. The first-order chi connectivity index (χ1) is 11.5. The zero-order chi connectivity index (χ0) is 18.8. The second kappa shape index (κ2) is 7.88. The van der Waals surface area contributed by atoms with Crippen LogP contribution in [0.15, 0.2) is 18.2 Å². The molecule has 142 valence electrons. The first-order valence-electron chi connectivity index (χ1n) is 8.69. The molecule has 0 N–H and O–H groups in total. The van der Waals surface area contributed by atoms with Gasteiger partial charge in [0.1, 0.15) is 0 Å². The van der Waals surface area contributed by atoms with Crippen LogP contribution in [-0.2, 0) is 16.5 Å². The Labute approximate surface area is 155 Å². The highest BCUT2D eigenvalue weighted by Gasteiger charge is 2.33. The summed E-state index contributed by atoms with van der Waals surface area (Å²) in [7, 11) is -1.29. The normalized spacial score (nSPS) is 18.5. The van der Waals surface area contributed by atoms with E-state index < -0.39 is 20.8 Å². The van der Waals surface area contributed by atoms with Gasteiger partial charge in [0.05, 0.1) is 5.56 Å². The van der Waals surface area contributed by atoms with Gasteiger partial charge in [-0.15, -0.1) is 11.6 Å². The molecule has 0 spiro atoms. The minimum Gasteiger partial charge on any atom is -0.417 e. The quantitative estimate of drug-likeness (QED) is 0.488. The summed E-state index contributed by atoms with van der Waals surface area (Å²) >= 11 is 5.94. The van der Waals surface area contributed by atoms with Gasteiger partial charge in [0.15, 0.2) is 9.04 Å². The van der Waals surface area contributed by atoms with Crippen molar-refractivity contribution in [3.63, 3.8) is 0 Å². The van der Waals surface area contributed by atoms with Crippen LogP contribution in [0.5, 0.6) is 0 Å². The van der Waals surface area contributed by atoms with Gasteiger partial charge in [-0.3, -0.25) is 0 Å². The molecule has 0 radical (unpaired) electrons. The topological polar surface area (TPSA) is 12.5 Å². The number of benzene rings is 1. The van der Waals surface area contributed by atoms with Crippen molar-refractivity contribution in [1.29, 1.82) is 0 Å². The highest BCUT2D eigenvalue weighted by Crippen LogP contribution is 2.36. The van der Waals surface area contributed by atoms with Crippen molar-refractivity contribution in [2.75, 3.05) is 18.0 Å². The lowest BCUT2D eigenvalue weighted by Gasteiger charge is -2.38. The first kappa shape index (κ1) is 20.6. The smallest absolute Gasteiger partial charge is 0.416 e. The van der Waals surface area contributed by atoms with Gasteiger partial charge in [0.2, 0.25) is 0 Å². The molecular formula is C18H27ClF3NOSi. The van der Waals surface area contributed by atoms with E-state index in [2.05, 4.69) is 27.3 Å².